The average molecular weight is 253 g/mol. The molecule has 1 heterocycles. The van der Waals surface area contributed by atoms with Gasteiger partial charge < -0.3 is 4.90 Å². The number of nitrogens with zero attached hydrogens (tertiary/aromatic N) is 1. The number of carbonyl (C=O) groups excluding carboxylic acids is 1. The van der Waals surface area contributed by atoms with Crippen LogP contribution in [-0.4, -0.2) is 12.5 Å². The fourth-order valence-electron chi connectivity index (χ4n) is 3.16. The number of amides is 1. The second-order valence-corrected chi connectivity index (χ2v) is 5.51. The summed E-state index contributed by atoms with van der Waals surface area (Å²) in [6.07, 6.45) is 10.2. The van der Waals surface area contributed by atoms with Gasteiger partial charge in [-0.1, -0.05) is 49.4 Å². The zero-order valence-electron chi connectivity index (χ0n) is 11.3. The number of anilines is 1. The van der Waals surface area contributed by atoms with Gasteiger partial charge in [0.2, 0.25) is 5.91 Å². The number of allylic oxidation sites excluding steroid dienone is 3. The highest BCUT2D eigenvalue weighted by atomic mass is 16.2. The first kappa shape index (κ1) is 12.2. The molecule has 2 heteroatoms. The summed E-state index contributed by atoms with van der Waals surface area (Å²) in [5.74, 6) is 0.652. The average Bonchev–Trinajstić information content (AvgIpc) is 2.47. The second kappa shape index (κ2) is 4.69. The van der Waals surface area contributed by atoms with Crippen molar-refractivity contribution in [3.05, 3.63) is 54.6 Å². The van der Waals surface area contributed by atoms with Crippen molar-refractivity contribution in [1.82, 2.24) is 0 Å². The molecule has 1 saturated heterocycles. The van der Waals surface area contributed by atoms with Crippen LogP contribution >= 0.6 is 0 Å². The van der Waals surface area contributed by atoms with Crippen LogP contribution in [0.25, 0.3) is 0 Å². The number of benzene rings is 1. The number of rotatable bonds is 1. The van der Waals surface area contributed by atoms with Crippen molar-refractivity contribution >= 4 is 11.6 Å². The normalized spacial score (nSPS) is 30.1. The second-order valence-electron chi connectivity index (χ2n) is 5.51. The van der Waals surface area contributed by atoms with E-state index in [-0.39, 0.29) is 11.3 Å². The first-order chi connectivity index (χ1) is 9.24. The first-order valence-electron chi connectivity index (χ1n) is 6.95. The maximum absolute atomic E-state index is 13.0. The zero-order valence-corrected chi connectivity index (χ0v) is 11.3. The predicted octanol–water partition coefficient (Wildman–Crippen LogP) is 3.56. The minimum absolute atomic E-state index is 0.248. The lowest BCUT2D eigenvalue weighted by molar-refractivity contribution is -0.130. The molecule has 1 aromatic carbocycles. The maximum Gasteiger partial charge on any atom is 0.237 e. The molecule has 0 bridgehead atoms. The number of hydrogen-bond acceptors (Lipinski definition) is 1. The Morgan fingerprint density at radius 1 is 1.21 bits per heavy atom. The molecular weight excluding hydrogens is 234 g/mol. The van der Waals surface area contributed by atoms with Gasteiger partial charge in [0.1, 0.15) is 0 Å². The molecule has 0 unspecified atom stereocenters. The third kappa shape index (κ3) is 1.92. The van der Waals surface area contributed by atoms with E-state index in [0.29, 0.717) is 5.92 Å². The van der Waals surface area contributed by atoms with Crippen molar-refractivity contribution < 1.29 is 4.79 Å². The van der Waals surface area contributed by atoms with Gasteiger partial charge in [0, 0.05) is 12.2 Å². The Balaban J connectivity index is 1.96. The number of hydrogen-bond donors (Lipinski definition) is 0. The van der Waals surface area contributed by atoms with Gasteiger partial charge in [0.25, 0.3) is 0 Å². The maximum atomic E-state index is 13.0. The molecule has 19 heavy (non-hydrogen) atoms. The molecule has 0 saturated carbocycles. The van der Waals surface area contributed by atoms with Crippen LogP contribution in [0.5, 0.6) is 0 Å². The summed E-state index contributed by atoms with van der Waals surface area (Å²) in [5.41, 5.74) is 0.685. The third-order valence-corrected chi connectivity index (χ3v) is 4.47. The molecule has 2 nitrogen and oxygen atoms in total. The van der Waals surface area contributed by atoms with E-state index in [9.17, 15) is 4.79 Å². The van der Waals surface area contributed by atoms with Gasteiger partial charge >= 0.3 is 0 Å². The Hall–Kier alpha value is -1.83. The molecule has 2 atom stereocenters. The molecule has 1 aliphatic carbocycles. The van der Waals surface area contributed by atoms with Gasteiger partial charge in [-0.3, -0.25) is 4.79 Å². The molecule has 1 fully saturated rings. The van der Waals surface area contributed by atoms with Crippen LogP contribution in [0.2, 0.25) is 0 Å². The van der Waals surface area contributed by atoms with Gasteiger partial charge in [0.15, 0.2) is 0 Å². The zero-order chi connectivity index (χ0) is 13.3. The van der Waals surface area contributed by atoms with Crippen LogP contribution in [0, 0.1) is 11.3 Å². The van der Waals surface area contributed by atoms with Crippen LogP contribution in [0.1, 0.15) is 19.8 Å². The van der Waals surface area contributed by atoms with Crippen LogP contribution in [-0.2, 0) is 4.79 Å². The summed E-state index contributed by atoms with van der Waals surface area (Å²) < 4.78 is 0. The molecule has 0 aromatic heterocycles. The monoisotopic (exact) mass is 253 g/mol. The van der Waals surface area contributed by atoms with E-state index < -0.39 is 0 Å². The molecule has 1 spiro atoms. The molecule has 0 radical (unpaired) electrons. The first-order valence-corrected chi connectivity index (χ1v) is 6.95. The van der Waals surface area contributed by atoms with E-state index in [1.54, 1.807) is 0 Å². The van der Waals surface area contributed by atoms with Crippen molar-refractivity contribution in [1.29, 1.82) is 0 Å². The Morgan fingerprint density at radius 3 is 2.68 bits per heavy atom. The van der Waals surface area contributed by atoms with Gasteiger partial charge in [-0.2, -0.15) is 0 Å². The smallest absolute Gasteiger partial charge is 0.237 e. The van der Waals surface area contributed by atoms with Gasteiger partial charge in [-0.25, -0.2) is 0 Å². The van der Waals surface area contributed by atoms with Gasteiger partial charge in [-0.15, -0.1) is 0 Å². The minimum Gasteiger partial charge on any atom is -0.312 e. The number of piperidine rings is 1. The summed E-state index contributed by atoms with van der Waals surface area (Å²) in [6, 6.07) is 10.0. The molecule has 1 aromatic rings. The van der Waals surface area contributed by atoms with Crippen LogP contribution < -0.4 is 4.90 Å². The van der Waals surface area contributed by atoms with Crippen molar-refractivity contribution in [2.45, 2.75) is 19.8 Å². The van der Waals surface area contributed by atoms with Crippen molar-refractivity contribution in [3.63, 3.8) is 0 Å². The fraction of sp³-hybridized carbons (Fsp3) is 0.353. The molecule has 0 N–H and O–H groups in total. The Bertz CT molecular complexity index is 531. The van der Waals surface area contributed by atoms with E-state index in [1.165, 1.54) is 0 Å². The van der Waals surface area contributed by atoms with Crippen LogP contribution in [0.15, 0.2) is 54.6 Å². The summed E-state index contributed by atoms with van der Waals surface area (Å²) in [7, 11) is 0. The molecule has 98 valence electrons. The summed E-state index contributed by atoms with van der Waals surface area (Å²) >= 11 is 0. The molecular formula is C17H19NO. The molecule has 2 aliphatic rings. The van der Waals surface area contributed by atoms with E-state index in [0.717, 1.165) is 25.1 Å². The van der Waals surface area contributed by atoms with E-state index >= 15 is 0 Å². The van der Waals surface area contributed by atoms with Crippen molar-refractivity contribution in [3.8, 4) is 0 Å². The molecule has 3 rings (SSSR count). The Kier molecular flexibility index (Phi) is 3.02. The topological polar surface area (TPSA) is 20.3 Å². The Labute approximate surface area is 114 Å². The lowest BCUT2D eigenvalue weighted by Crippen LogP contribution is -2.52. The van der Waals surface area contributed by atoms with Gasteiger partial charge in [-0.05, 0) is 30.9 Å². The van der Waals surface area contributed by atoms with Gasteiger partial charge in [0.05, 0.1) is 5.41 Å². The van der Waals surface area contributed by atoms with Crippen LogP contribution in [0.3, 0.4) is 0 Å². The summed E-state index contributed by atoms with van der Waals surface area (Å²) in [6.45, 7) is 3.02. The fourth-order valence-corrected chi connectivity index (χ4v) is 3.16. The lowest BCUT2D eigenvalue weighted by atomic mass is 9.67. The van der Waals surface area contributed by atoms with E-state index in [4.69, 9.17) is 0 Å². The summed E-state index contributed by atoms with van der Waals surface area (Å²) in [4.78, 5) is 14.9. The standard InChI is InChI=1S/C17H19NO/c1-14-10-13-18(15-8-4-2-5-9-15)16(19)17(14)11-6-3-7-12-17/h2-9,11,14H,10,12-13H2,1H3/t14-,17-/m1/s1. The minimum atomic E-state index is -0.331. The van der Waals surface area contributed by atoms with Crippen molar-refractivity contribution in [2.24, 2.45) is 11.3 Å². The summed E-state index contributed by atoms with van der Waals surface area (Å²) in [5, 5.41) is 0. The number of carbonyl (C=O) groups is 1. The van der Waals surface area contributed by atoms with Crippen molar-refractivity contribution in [2.75, 3.05) is 11.4 Å². The lowest BCUT2D eigenvalue weighted by Gasteiger charge is -2.44. The predicted molar refractivity (Wildman–Crippen MR) is 77.9 cm³/mol. The number of para-hydroxylation sites is 1. The molecule has 1 aliphatic heterocycles. The quantitative estimate of drug-likeness (QED) is 0.749. The molecule has 1 amide bonds. The highest BCUT2D eigenvalue weighted by Gasteiger charge is 2.46. The van der Waals surface area contributed by atoms with Crippen LogP contribution in [0.4, 0.5) is 5.69 Å². The largest absolute Gasteiger partial charge is 0.312 e. The highest BCUT2D eigenvalue weighted by Crippen LogP contribution is 2.43. The Morgan fingerprint density at radius 2 is 2.00 bits per heavy atom. The van der Waals surface area contributed by atoms with E-state index in [2.05, 4.69) is 19.1 Å². The van der Waals surface area contributed by atoms with E-state index in [1.807, 2.05) is 47.4 Å². The highest BCUT2D eigenvalue weighted by molar-refractivity contribution is 6.00. The third-order valence-electron chi connectivity index (χ3n) is 4.47. The SMILES string of the molecule is C[C@@H]1CCN(c2ccccc2)C(=O)[C@@]12C=CC=CC2.